The molecule has 18 nitrogen and oxygen atoms in total. The van der Waals surface area contributed by atoms with Crippen LogP contribution in [0.15, 0.2) is 36.9 Å². The summed E-state index contributed by atoms with van der Waals surface area (Å²) in [5.74, 6) is 0.604. The number of carbonyl (C=O) groups is 4. The maximum absolute atomic E-state index is 12.3. The molecular weight excluding hydrogens is 796 g/mol. The molecule has 2 saturated heterocycles. The zero-order valence-corrected chi connectivity index (χ0v) is 36.2. The van der Waals surface area contributed by atoms with E-state index < -0.39 is 23.1 Å². The van der Waals surface area contributed by atoms with Gasteiger partial charge in [0.05, 0.1) is 38.0 Å². The van der Waals surface area contributed by atoms with E-state index in [1.807, 2.05) is 47.6 Å². The van der Waals surface area contributed by atoms with Crippen LogP contribution in [-0.4, -0.2) is 119 Å². The molecule has 0 unspecified atom stereocenters. The molecule has 3 aromatic rings. The minimum absolute atomic E-state index is 0.208. The summed E-state index contributed by atoms with van der Waals surface area (Å²) in [6.45, 7) is 15.0. The van der Waals surface area contributed by atoms with Crippen LogP contribution in [0.2, 0.25) is 5.15 Å². The monoisotopic (exact) mass is 850 g/mol. The van der Waals surface area contributed by atoms with Crippen LogP contribution in [0, 0.1) is 23.2 Å². The number of nitriles is 1. The summed E-state index contributed by atoms with van der Waals surface area (Å²) in [5.41, 5.74) is 1.04. The highest BCUT2D eigenvalue weighted by atomic mass is 35.5. The summed E-state index contributed by atoms with van der Waals surface area (Å²) >= 11 is 5.93. The Morgan fingerprint density at radius 2 is 1.15 bits per heavy atom. The van der Waals surface area contributed by atoms with Gasteiger partial charge in [0.25, 0.3) is 0 Å². The number of amides is 2. The molecule has 60 heavy (non-hydrogen) atoms. The fourth-order valence-electron chi connectivity index (χ4n) is 6.17. The average molecular weight is 851 g/mol. The van der Waals surface area contributed by atoms with Crippen molar-refractivity contribution in [1.29, 1.82) is 5.26 Å². The summed E-state index contributed by atoms with van der Waals surface area (Å²) in [6, 6.07) is 5.22. The van der Waals surface area contributed by atoms with Crippen LogP contribution in [0.25, 0.3) is 0 Å². The quantitative estimate of drug-likeness (QED) is 0.107. The van der Waals surface area contributed by atoms with Crippen molar-refractivity contribution in [2.75, 3.05) is 69.4 Å². The molecule has 0 aliphatic carbocycles. The zero-order valence-electron chi connectivity index (χ0n) is 35.5. The summed E-state index contributed by atoms with van der Waals surface area (Å²) in [7, 11) is 2.64. The summed E-state index contributed by atoms with van der Waals surface area (Å²) in [6.07, 6.45) is 8.42. The van der Waals surface area contributed by atoms with Gasteiger partial charge in [0, 0.05) is 57.7 Å². The molecular formula is C41H55ClN10O8. The van der Waals surface area contributed by atoms with E-state index in [0.717, 1.165) is 25.7 Å². The first kappa shape index (κ1) is 46.7. The van der Waals surface area contributed by atoms with Crippen molar-refractivity contribution < 1.29 is 38.1 Å². The Kier molecular flexibility index (Phi) is 16.6. The van der Waals surface area contributed by atoms with Gasteiger partial charge in [0.15, 0.2) is 5.69 Å². The molecule has 5 heterocycles. The molecule has 0 bridgehead atoms. The number of methoxy groups -OCH3 is 2. The lowest BCUT2D eigenvalue weighted by Gasteiger charge is -2.33. The number of aromatic nitrogens is 4. The molecule has 2 amide bonds. The lowest BCUT2D eigenvalue weighted by Crippen LogP contribution is -2.42. The standard InChI is InChI=1S/C23H29N7O4.C18H26ClN3O4/c1-23(2,3)34-22(32)30-7-5-15(6-8-30)11-26-18-9-19(28-13-17(18)21(31)33-4)29-20-14-25-16(10-24)12-27-20;1-18(2,3)26-17(24)22-7-5-12(6-8-22)10-20-14-9-15(19)21-11-13(14)16(23)25-4/h9,12-15H,5-8,11H2,1-4H3,(H2,26,27,28,29);9,11-12H,5-8,10H2,1-4H3,(H,20,21). The topological polar surface area (TPSA) is 223 Å². The first-order valence-electron chi connectivity index (χ1n) is 19.6. The number of nitrogens with zero attached hydrogens (tertiary/aromatic N) is 7. The minimum Gasteiger partial charge on any atom is -0.465 e. The van der Waals surface area contributed by atoms with Crippen molar-refractivity contribution >= 4 is 58.7 Å². The van der Waals surface area contributed by atoms with E-state index in [0.29, 0.717) is 90.4 Å². The van der Waals surface area contributed by atoms with Crippen molar-refractivity contribution in [1.82, 2.24) is 29.7 Å². The summed E-state index contributed by atoms with van der Waals surface area (Å²) in [5, 5.41) is 18.8. The normalized spacial score (nSPS) is 14.7. The molecule has 5 rings (SSSR count). The van der Waals surface area contributed by atoms with Gasteiger partial charge in [0.2, 0.25) is 0 Å². The Labute approximate surface area is 355 Å². The maximum Gasteiger partial charge on any atom is 0.410 e. The molecule has 2 fully saturated rings. The third-order valence-electron chi connectivity index (χ3n) is 9.30. The fourth-order valence-corrected chi connectivity index (χ4v) is 6.33. The molecule has 19 heteroatoms. The maximum atomic E-state index is 12.3. The van der Waals surface area contributed by atoms with E-state index in [1.54, 1.807) is 21.9 Å². The van der Waals surface area contributed by atoms with E-state index >= 15 is 0 Å². The highest BCUT2D eigenvalue weighted by Gasteiger charge is 2.29. The molecule has 3 N–H and O–H groups in total. The number of halogens is 1. The molecule has 0 spiro atoms. The van der Waals surface area contributed by atoms with Gasteiger partial charge in [-0.3, -0.25) is 0 Å². The lowest BCUT2D eigenvalue weighted by atomic mass is 9.97. The van der Waals surface area contributed by atoms with Crippen LogP contribution in [0.1, 0.15) is 93.6 Å². The number of likely N-dealkylation sites (tertiary alicyclic amines) is 2. The second-order valence-corrected chi connectivity index (χ2v) is 16.6. The third-order valence-corrected chi connectivity index (χ3v) is 9.51. The SMILES string of the molecule is COC(=O)c1cnc(Cl)cc1NCC1CCN(C(=O)OC(C)(C)C)CC1.COC(=O)c1cnc(Nc2cnc(C#N)cn2)cc1NCC1CCN(C(=O)OC(C)(C)C)CC1. The number of carbonyl (C=O) groups excluding carboxylic acids is 4. The van der Waals surface area contributed by atoms with Crippen molar-refractivity contribution in [3.8, 4) is 6.07 Å². The van der Waals surface area contributed by atoms with Gasteiger partial charge < -0.3 is 44.7 Å². The molecule has 324 valence electrons. The molecule has 0 atom stereocenters. The largest absolute Gasteiger partial charge is 0.465 e. The number of esters is 2. The van der Waals surface area contributed by atoms with E-state index in [4.69, 9.17) is 35.8 Å². The number of pyridine rings is 2. The summed E-state index contributed by atoms with van der Waals surface area (Å²) < 4.78 is 20.5. The van der Waals surface area contributed by atoms with E-state index in [1.165, 1.54) is 39.0 Å². The molecule has 3 aromatic heterocycles. The number of hydrogen-bond donors (Lipinski definition) is 3. The Bertz CT molecular complexity index is 1980. The van der Waals surface area contributed by atoms with Crippen LogP contribution in [0.4, 0.5) is 32.6 Å². The molecule has 2 aliphatic rings. The number of rotatable bonds is 10. The Hall–Kier alpha value is -5.96. The van der Waals surface area contributed by atoms with Crippen LogP contribution >= 0.6 is 11.6 Å². The van der Waals surface area contributed by atoms with Crippen molar-refractivity contribution in [2.24, 2.45) is 11.8 Å². The number of piperidine rings is 2. The number of hydrogen-bond acceptors (Lipinski definition) is 16. The number of ether oxygens (including phenoxy) is 4. The van der Waals surface area contributed by atoms with Gasteiger partial charge in [-0.05, 0) is 85.1 Å². The molecule has 0 saturated carbocycles. The van der Waals surface area contributed by atoms with Gasteiger partial charge in [0.1, 0.15) is 45.2 Å². The van der Waals surface area contributed by atoms with Crippen LogP contribution < -0.4 is 16.0 Å². The minimum atomic E-state index is -0.518. The van der Waals surface area contributed by atoms with Crippen molar-refractivity contribution in [3.63, 3.8) is 0 Å². The number of anilines is 4. The highest BCUT2D eigenvalue weighted by molar-refractivity contribution is 6.29. The number of nitrogens with one attached hydrogen (secondary N) is 3. The predicted octanol–water partition coefficient (Wildman–Crippen LogP) is 6.91. The first-order chi connectivity index (χ1) is 28.4. The Morgan fingerprint density at radius 3 is 1.57 bits per heavy atom. The van der Waals surface area contributed by atoms with Gasteiger partial charge in [-0.2, -0.15) is 5.26 Å². The van der Waals surface area contributed by atoms with Crippen LogP contribution in [-0.2, 0) is 18.9 Å². The summed E-state index contributed by atoms with van der Waals surface area (Å²) in [4.78, 5) is 68.2. The molecule has 2 aliphatic heterocycles. The van der Waals surface area contributed by atoms with Gasteiger partial charge in [-0.15, -0.1) is 0 Å². The van der Waals surface area contributed by atoms with E-state index in [9.17, 15) is 19.2 Å². The average Bonchev–Trinajstić information content (AvgIpc) is 3.21. The van der Waals surface area contributed by atoms with Crippen molar-refractivity contribution in [3.05, 3.63) is 58.9 Å². The van der Waals surface area contributed by atoms with Crippen LogP contribution in [0.3, 0.4) is 0 Å². The second kappa shape index (κ2) is 21.3. The van der Waals surface area contributed by atoms with Gasteiger partial charge >= 0.3 is 24.1 Å². The molecule has 0 aromatic carbocycles. The highest BCUT2D eigenvalue weighted by Crippen LogP contribution is 2.26. The first-order valence-corrected chi connectivity index (χ1v) is 20.0. The zero-order chi connectivity index (χ0) is 44.0. The fraction of sp³-hybridized carbons (Fsp3) is 0.537. The second-order valence-electron chi connectivity index (χ2n) is 16.3. The van der Waals surface area contributed by atoms with Gasteiger partial charge in [-0.1, -0.05) is 11.6 Å². The Balaban J connectivity index is 0.000000275. The van der Waals surface area contributed by atoms with E-state index in [-0.39, 0.29) is 17.9 Å². The van der Waals surface area contributed by atoms with E-state index in [2.05, 4.69) is 35.9 Å². The predicted molar refractivity (Wildman–Crippen MR) is 224 cm³/mol. The van der Waals surface area contributed by atoms with Crippen LogP contribution in [0.5, 0.6) is 0 Å². The Morgan fingerprint density at radius 1 is 0.700 bits per heavy atom. The smallest absolute Gasteiger partial charge is 0.410 e. The molecule has 0 radical (unpaired) electrons. The van der Waals surface area contributed by atoms with Crippen molar-refractivity contribution in [2.45, 2.75) is 78.4 Å². The van der Waals surface area contributed by atoms with Gasteiger partial charge in [-0.25, -0.2) is 39.1 Å². The lowest BCUT2D eigenvalue weighted by molar-refractivity contribution is 0.0177. The third kappa shape index (κ3) is 14.7.